The van der Waals surface area contributed by atoms with E-state index in [0.29, 0.717) is 0 Å². The van der Waals surface area contributed by atoms with E-state index in [1.807, 2.05) is 0 Å². The zero-order chi connectivity index (χ0) is 20.3. The number of rotatable bonds is 1. The van der Waals surface area contributed by atoms with E-state index >= 15 is 0 Å². The second-order valence-corrected chi connectivity index (χ2v) is 7.68. The quantitative estimate of drug-likeness (QED) is 0.309. The van der Waals surface area contributed by atoms with Crippen LogP contribution >= 0.6 is 22.6 Å². The van der Waals surface area contributed by atoms with Gasteiger partial charge in [0, 0.05) is 3.57 Å². The largest absolute Gasteiger partial charge is 0.416 e. The lowest BCUT2D eigenvalue weighted by atomic mass is 10.1. The summed E-state index contributed by atoms with van der Waals surface area (Å²) in [7, 11) is -5.17. The highest BCUT2D eigenvalue weighted by atomic mass is 127. The average Bonchev–Trinajstić information content (AvgIpc) is 2.48. The molecule has 0 unspecified atom stereocenters. The van der Waals surface area contributed by atoms with Crippen LogP contribution in [0, 0.1) is 10.5 Å². The van der Waals surface area contributed by atoms with Crippen LogP contribution in [0.3, 0.4) is 0 Å². The van der Waals surface area contributed by atoms with Gasteiger partial charge in [-0.25, -0.2) is 0 Å². The van der Waals surface area contributed by atoms with Gasteiger partial charge in [0.05, 0.1) is 16.0 Å². The highest BCUT2D eigenvalue weighted by Crippen LogP contribution is 2.37. The highest BCUT2D eigenvalue weighted by Gasteiger charge is 2.38. The fourth-order valence-electron chi connectivity index (χ4n) is 1.61. The van der Waals surface area contributed by atoms with Gasteiger partial charge in [0.1, 0.15) is 0 Å². The van der Waals surface area contributed by atoms with E-state index in [2.05, 4.69) is 53.8 Å². The Labute approximate surface area is 158 Å². The Morgan fingerprint density at radius 2 is 1.23 bits per heavy atom. The number of hydrogen-bond acceptors (Lipinski definition) is 2. The van der Waals surface area contributed by atoms with Crippen molar-refractivity contribution in [2.75, 3.05) is 0 Å². The summed E-state index contributed by atoms with van der Waals surface area (Å²) in [6.07, 6.45) is -10.3. The van der Waals surface area contributed by atoms with Gasteiger partial charge < -0.3 is 0 Å². The molecule has 0 heterocycles. The van der Waals surface area contributed by atoms with Crippen molar-refractivity contribution in [1.82, 2.24) is 0 Å². The first kappa shape index (κ1) is 22.7. The van der Waals surface area contributed by atoms with Crippen LogP contribution in [-0.4, -0.2) is 13.0 Å². The molecule has 0 amide bonds. The SMILES string of the molecule is Cc1ccc(I)cc1.O=S(=O)(O)c1cc(C(F)(F)F)cc(C(F)(F)F)c1. The molecule has 1 N–H and O–H groups in total. The Morgan fingerprint density at radius 3 is 1.50 bits per heavy atom. The monoisotopic (exact) mass is 512 g/mol. The lowest BCUT2D eigenvalue weighted by Crippen LogP contribution is -2.13. The van der Waals surface area contributed by atoms with Crippen molar-refractivity contribution in [2.24, 2.45) is 0 Å². The van der Waals surface area contributed by atoms with Gasteiger partial charge in [-0.15, -0.1) is 0 Å². The van der Waals surface area contributed by atoms with Crippen molar-refractivity contribution >= 4 is 32.7 Å². The molecule has 3 nitrogen and oxygen atoms in total. The summed E-state index contributed by atoms with van der Waals surface area (Å²) in [5, 5.41) is 0. The van der Waals surface area contributed by atoms with Crippen molar-refractivity contribution in [3.63, 3.8) is 0 Å². The summed E-state index contributed by atoms with van der Waals surface area (Å²) in [4.78, 5) is -1.47. The zero-order valence-corrected chi connectivity index (χ0v) is 15.8. The Hall–Kier alpha value is -1.34. The summed E-state index contributed by atoms with van der Waals surface area (Å²) in [5.41, 5.74) is -2.31. The number of hydrogen-bond donors (Lipinski definition) is 1. The number of halogens is 7. The number of benzene rings is 2. The third kappa shape index (κ3) is 7.11. The Kier molecular flexibility index (Phi) is 7.10. The topological polar surface area (TPSA) is 54.4 Å². The fourth-order valence-corrected chi connectivity index (χ4v) is 2.52. The van der Waals surface area contributed by atoms with Crippen LogP contribution in [0.25, 0.3) is 0 Å². The Morgan fingerprint density at radius 1 is 0.846 bits per heavy atom. The maximum Gasteiger partial charge on any atom is 0.416 e. The van der Waals surface area contributed by atoms with Gasteiger partial charge in [0.15, 0.2) is 0 Å². The molecule has 11 heteroatoms. The van der Waals surface area contributed by atoms with E-state index in [4.69, 9.17) is 4.55 Å². The average molecular weight is 512 g/mol. The minimum absolute atomic E-state index is 0.0788. The van der Waals surface area contributed by atoms with E-state index in [1.165, 1.54) is 9.13 Å². The molecule has 144 valence electrons. The van der Waals surface area contributed by atoms with Crippen molar-refractivity contribution in [3.05, 3.63) is 62.7 Å². The second kappa shape index (κ2) is 8.13. The smallest absolute Gasteiger partial charge is 0.282 e. The van der Waals surface area contributed by atoms with Crippen LogP contribution in [0.1, 0.15) is 16.7 Å². The first-order valence-corrected chi connectivity index (χ1v) is 9.12. The second-order valence-electron chi connectivity index (χ2n) is 5.01. The summed E-state index contributed by atoms with van der Waals surface area (Å²) < 4.78 is 105. The predicted octanol–water partition coefficient (Wildman–Crippen LogP) is 5.57. The van der Waals surface area contributed by atoms with E-state index in [0.717, 1.165) is 0 Å². The van der Waals surface area contributed by atoms with Gasteiger partial charge in [-0.2, -0.15) is 34.8 Å². The van der Waals surface area contributed by atoms with Crippen LogP contribution in [0.15, 0.2) is 47.4 Å². The molecule has 0 saturated carbocycles. The fraction of sp³-hybridized carbons (Fsp3) is 0.200. The van der Waals surface area contributed by atoms with Crippen molar-refractivity contribution in [3.8, 4) is 0 Å². The molecule has 0 aliphatic rings. The normalized spacial score (nSPS) is 12.3. The van der Waals surface area contributed by atoms with Crippen molar-refractivity contribution < 1.29 is 39.3 Å². The molecule has 0 aliphatic heterocycles. The predicted molar refractivity (Wildman–Crippen MR) is 90.2 cm³/mol. The zero-order valence-electron chi connectivity index (χ0n) is 12.9. The number of aryl methyl sites for hydroxylation is 1. The van der Waals surface area contributed by atoms with Gasteiger partial charge in [-0.05, 0) is 59.8 Å². The van der Waals surface area contributed by atoms with Crippen LogP contribution in [-0.2, 0) is 22.5 Å². The molecule has 0 saturated heterocycles. The van der Waals surface area contributed by atoms with Gasteiger partial charge in [0.2, 0.25) is 0 Å². The molecule has 0 bridgehead atoms. The van der Waals surface area contributed by atoms with Crippen LogP contribution in [0.4, 0.5) is 26.3 Å². The third-order valence-electron chi connectivity index (χ3n) is 2.87. The molecule has 2 rings (SSSR count). The summed E-state index contributed by atoms with van der Waals surface area (Å²) in [6, 6.07) is 8.04. The lowest BCUT2D eigenvalue weighted by molar-refractivity contribution is -0.143. The molecule has 0 aromatic heterocycles. The minimum atomic E-state index is -5.17. The third-order valence-corrected chi connectivity index (χ3v) is 4.42. The van der Waals surface area contributed by atoms with Crippen LogP contribution in [0.2, 0.25) is 0 Å². The molecule has 2 aromatic rings. The molecular formula is C15H11F6IO3S. The van der Waals surface area contributed by atoms with E-state index in [-0.39, 0.29) is 18.2 Å². The lowest BCUT2D eigenvalue weighted by Gasteiger charge is -2.12. The molecule has 0 fully saturated rings. The molecule has 0 radical (unpaired) electrons. The van der Waals surface area contributed by atoms with Crippen LogP contribution < -0.4 is 0 Å². The highest BCUT2D eigenvalue weighted by molar-refractivity contribution is 14.1. The van der Waals surface area contributed by atoms with Crippen molar-refractivity contribution in [2.45, 2.75) is 24.2 Å². The van der Waals surface area contributed by atoms with E-state index in [9.17, 15) is 34.8 Å². The van der Waals surface area contributed by atoms with Gasteiger partial charge in [-0.3, -0.25) is 4.55 Å². The molecule has 2 aromatic carbocycles. The van der Waals surface area contributed by atoms with Crippen molar-refractivity contribution in [1.29, 1.82) is 0 Å². The van der Waals surface area contributed by atoms with Crippen LogP contribution in [0.5, 0.6) is 0 Å². The maximum atomic E-state index is 12.3. The Balaban J connectivity index is 0.000000350. The number of alkyl halides is 6. The first-order chi connectivity index (χ1) is 11.6. The van der Waals surface area contributed by atoms with E-state index in [1.54, 1.807) is 0 Å². The maximum absolute atomic E-state index is 12.3. The molecular weight excluding hydrogens is 501 g/mol. The molecule has 0 atom stereocenters. The summed E-state index contributed by atoms with van der Waals surface area (Å²) in [6.45, 7) is 2.09. The standard InChI is InChI=1S/C8H4F6O3S.C7H7I/c9-7(10,11)4-1-5(8(12,13)14)3-6(2-4)18(15,16)17;1-6-2-4-7(8)5-3-6/h1-3H,(H,15,16,17);2-5H,1H3. The summed E-state index contributed by atoms with van der Waals surface area (Å²) >= 11 is 2.30. The molecule has 0 aliphatic carbocycles. The van der Waals surface area contributed by atoms with Gasteiger partial charge in [-0.1, -0.05) is 17.7 Å². The Bertz CT molecular complexity index is 805. The minimum Gasteiger partial charge on any atom is -0.282 e. The van der Waals surface area contributed by atoms with Gasteiger partial charge >= 0.3 is 12.4 Å². The van der Waals surface area contributed by atoms with E-state index < -0.39 is 38.5 Å². The van der Waals surface area contributed by atoms with Gasteiger partial charge in [0.25, 0.3) is 10.1 Å². The molecule has 26 heavy (non-hydrogen) atoms. The first-order valence-electron chi connectivity index (χ1n) is 6.60. The molecule has 0 spiro atoms. The summed E-state index contributed by atoms with van der Waals surface area (Å²) in [5.74, 6) is 0.